The third-order valence-electron chi connectivity index (χ3n) is 3.92. The predicted molar refractivity (Wildman–Crippen MR) is 106 cm³/mol. The lowest BCUT2D eigenvalue weighted by atomic mass is 10.1. The van der Waals surface area contributed by atoms with Crippen LogP contribution in [0.4, 0.5) is 4.39 Å². The molecule has 0 saturated carbocycles. The summed E-state index contributed by atoms with van der Waals surface area (Å²) in [5.74, 6) is 0.519. The second kappa shape index (κ2) is 9.60. The van der Waals surface area contributed by atoms with E-state index < -0.39 is 11.4 Å². The molecule has 0 atom stereocenters. The van der Waals surface area contributed by atoms with Crippen LogP contribution >= 0.6 is 23.2 Å². The van der Waals surface area contributed by atoms with Crippen LogP contribution in [0.15, 0.2) is 30.3 Å². The fourth-order valence-corrected chi connectivity index (χ4v) is 2.82. The number of hydrogen-bond acceptors (Lipinski definition) is 4. The van der Waals surface area contributed by atoms with Crippen molar-refractivity contribution in [2.75, 3.05) is 13.2 Å². The summed E-state index contributed by atoms with van der Waals surface area (Å²) in [5, 5.41) is 13.3. The van der Waals surface area contributed by atoms with Gasteiger partial charge < -0.3 is 19.9 Å². The minimum Gasteiger partial charge on any atom is -0.490 e. The zero-order valence-corrected chi connectivity index (χ0v) is 17.1. The molecule has 27 heavy (non-hydrogen) atoms. The molecule has 0 bridgehead atoms. The fourth-order valence-electron chi connectivity index (χ4n) is 2.31. The van der Waals surface area contributed by atoms with Crippen molar-refractivity contribution in [3.05, 3.63) is 57.3 Å². The van der Waals surface area contributed by atoms with Gasteiger partial charge in [0.15, 0.2) is 11.5 Å². The van der Waals surface area contributed by atoms with Gasteiger partial charge in [0.2, 0.25) is 0 Å². The topological polar surface area (TPSA) is 50.7 Å². The van der Waals surface area contributed by atoms with Crippen LogP contribution in [0.1, 0.15) is 31.9 Å². The van der Waals surface area contributed by atoms with Gasteiger partial charge in [0.1, 0.15) is 12.4 Å². The molecule has 0 saturated heterocycles. The summed E-state index contributed by atoms with van der Waals surface area (Å²) < 4.78 is 24.7. The monoisotopic (exact) mass is 415 g/mol. The van der Waals surface area contributed by atoms with Gasteiger partial charge in [0.05, 0.1) is 23.3 Å². The second-order valence-corrected chi connectivity index (χ2v) is 7.57. The molecule has 0 aliphatic rings. The van der Waals surface area contributed by atoms with Gasteiger partial charge in [-0.25, -0.2) is 4.39 Å². The van der Waals surface area contributed by atoms with E-state index in [9.17, 15) is 9.50 Å². The van der Waals surface area contributed by atoms with Gasteiger partial charge >= 0.3 is 0 Å². The van der Waals surface area contributed by atoms with E-state index in [2.05, 4.69) is 5.32 Å². The van der Waals surface area contributed by atoms with E-state index in [4.69, 9.17) is 32.7 Å². The number of rotatable bonds is 9. The molecule has 0 unspecified atom stereocenters. The minimum atomic E-state index is -0.410. The first kappa shape index (κ1) is 21.8. The lowest BCUT2D eigenvalue weighted by Gasteiger charge is -2.24. The maximum Gasteiger partial charge on any atom is 0.180 e. The molecule has 0 aliphatic heterocycles. The summed E-state index contributed by atoms with van der Waals surface area (Å²) in [7, 11) is 0. The van der Waals surface area contributed by atoms with E-state index >= 15 is 0 Å². The molecular formula is C20H24Cl2FNO3. The van der Waals surface area contributed by atoms with Crippen LogP contribution in [-0.4, -0.2) is 23.9 Å². The molecule has 7 heteroatoms. The molecule has 0 spiro atoms. The Morgan fingerprint density at radius 2 is 1.85 bits per heavy atom. The third kappa shape index (κ3) is 6.25. The first-order valence-corrected chi connectivity index (χ1v) is 9.39. The minimum absolute atomic E-state index is 0.0126. The number of benzene rings is 2. The molecule has 148 valence electrons. The zero-order chi connectivity index (χ0) is 20.0. The number of halogens is 3. The lowest BCUT2D eigenvalue weighted by Crippen LogP contribution is -2.42. The molecule has 0 fully saturated rings. The van der Waals surface area contributed by atoms with Crippen molar-refractivity contribution in [1.82, 2.24) is 5.32 Å². The molecule has 2 aromatic rings. The summed E-state index contributed by atoms with van der Waals surface area (Å²) in [6.45, 7) is 6.78. The van der Waals surface area contributed by atoms with Gasteiger partial charge in [-0.05, 0) is 50.6 Å². The molecular weight excluding hydrogens is 392 g/mol. The Labute approximate surface area is 169 Å². The molecule has 2 N–H and O–H groups in total. The highest BCUT2D eigenvalue weighted by Crippen LogP contribution is 2.37. The molecule has 4 nitrogen and oxygen atoms in total. The second-order valence-electron chi connectivity index (χ2n) is 6.76. The largest absolute Gasteiger partial charge is 0.490 e. The smallest absolute Gasteiger partial charge is 0.180 e. The number of aliphatic hydroxyl groups is 1. The summed E-state index contributed by atoms with van der Waals surface area (Å²) in [5.41, 5.74) is 1.14. The van der Waals surface area contributed by atoms with Crippen LogP contribution < -0.4 is 14.8 Å². The van der Waals surface area contributed by atoms with Gasteiger partial charge in [-0.3, -0.25) is 0 Å². The van der Waals surface area contributed by atoms with Crippen LogP contribution in [0.3, 0.4) is 0 Å². The third-order valence-corrected chi connectivity index (χ3v) is 4.56. The predicted octanol–water partition coefficient (Wildman–Crippen LogP) is 4.97. The van der Waals surface area contributed by atoms with E-state index in [-0.39, 0.29) is 18.2 Å². The summed E-state index contributed by atoms with van der Waals surface area (Å²) in [6, 6.07) is 7.76. The molecule has 0 radical (unpaired) electrons. The van der Waals surface area contributed by atoms with Gasteiger partial charge in [-0.15, -0.1) is 0 Å². The lowest BCUT2D eigenvalue weighted by molar-refractivity contribution is 0.187. The Morgan fingerprint density at radius 3 is 2.48 bits per heavy atom. The zero-order valence-electron chi connectivity index (χ0n) is 15.6. The number of ether oxygens (including phenoxy) is 2. The summed E-state index contributed by atoms with van der Waals surface area (Å²) >= 11 is 12.5. The molecule has 2 aromatic carbocycles. The number of nitrogens with one attached hydrogen (secondary N) is 1. The van der Waals surface area contributed by atoms with E-state index in [1.54, 1.807) is 12.1 Å². The van der Waals surface area contributed by atoms with Gasteiger partial charge in [0.25, 0.3) is 0 Å². The van der Waals surface area contributed by atoms with Crippen molar-refractivity contribution in [1.29, 1.82) is 0 Å². The fraction of sp³-hybridized carbons (Fsp3) is 0.400. The van der Waals surface area contributed by atoms with Crippen molar-refractivity contribution in [3.8, 4) is 11.5 Å². The molecule has 0 amide bonds. The Hall–Kier alpha value is -1.53. The molecule has 0 aliphatic carbocycles. The Kier molecular flexibility index (Phi) is 7.74. The van der Waals surface area contributed by atoms with E-state index in [1.807, 2.05) is 26.8 Å². The van der Waals surface area contributed by atoms with E-state index in [1.165, 1.54) is 12.1 Å². The van der Waals surface area contributed by atoms with E-state index in [0.717, 1.165) is 5.56 Å². The van der Waals surface area contributed by atoms with Crippen molar-refractivity contribution in [3.63, 3.8) is 0 Å². The highest BCUT2D eigenvalue weighted by Gasteiger charge is 2.18. The van der Waals surface area contributed by atoms with Crippen molar-refractivity contribution >= 4 is 23.2 Å². The van der Waals surface area contributed by atoms with Crippen LogP contribution in [0.5, 0.6) is 11.5 Å². The number of hydrogen-bond donors (Lipinski definition) is 2. The highest BCUT2D eigenvalue weighted by molar-refractivity contribution is 6.32. The summed E-state index contributed by atoms with van der Waals surface area (Å²) in [6.07, 6.45) is 0. The normalized spacial score (nSPS) is 11.5. The number of aliphatic hydroxyl groups excluding tert-OH is 1. The molecule has 0 aromatic heterocycles. The van der Waals surface area contributed by atoms with Crippen molar-refractivity contribution in [2.24, 2.45) is 0 Å². The van der Waals surface area contributed by atoms with Crippen molar-refractivity contribution < 1.29 is 19.0 Å². The van der Waals surface area contributed by atoms with Crippen LogP contribution in [0.2, 0.25) is 10.0 Å². The van der Waals surface area contributed by atoms with Crippen LogP contribution in [0, 0.1) is 5.82 Å². The van der Waals surface area contributed by atoms with Crippen LogP contribution in [-0.2, 0) is 13.2 Å². The first-order chi connectivity index (χ1) is 12.8. The average molecular weight is 416 g/mol. The first-order valence-electron chi connectivity index (χ1n) is 8.63. The highest BCUT2D eigenvalue weighted by atomic mass is 35.5. The average Bonchev–Trinajstić information content (AvgIpc) is 2.61. The van der Waals surface area contributed by atoms with Gasteiger partial charge in [-0.1, -0.05) is 29.3 Å². The Balaban J connectivity index is 2.19. The van der Waals surface area contributed by atoms with E-state index in [0.29, 0.717) is 35.2 Å². The molecule has 0 heterocycles. The molecule has 2 rings (SSSR count). The van der Waals surface area contributed by atoms with Gasteiger partial charge in [-0.2, -0.15) is 0 Å². The van der Waals surface area contributed by atoms with Gasteiger partial charge in [0, 0.05) is 17.6 Å². The SMILES string of the molecule is CCOc1cc(CNC(C)(C)CO)cc(Cl)c1OCc1ccc(F)cc1Cl. The quantitative estimate of drug-likeness (QED) is 0.606. The van der Waals surface area contributed by atoms with Crippen LogP contribution in [0.25, 0.3) is 0 Å². The standard InChI is InChI=1S/C20H24Cl2FNO3/c1-4-26-18-8-13(10-24-20(2,3)12-25)7-17(22)19(18)27-11-14-5-6-15(23)9-16(14)21/h5-9,24-25H,4,10-12H2,1-3H3. The Morgan fingerprint density at radius 1 is 1.11 bits per heavy atom. The Bertz CT molecular complexity index is 784. The maximum atomic E-state index is 13.2. The maximum absolute atomic E-state index is 13.2. The van der Waals surface area contributed by atoms with Crippen molar-refractivity contribution in [2.45, 2.75) is 39.5 Å². The summed E-state index contributed by atoms with van der Waals surface area (Å²) in [4.78, 5) is 0.